The Balaban J connectivity index is 1.95. The summed E-state index contributed by atoms with van der Waals surface area (Å²) in [6.45, 7) is 4.91. The van der Waals surface area contributed by atoms with Crippen LogP contribution < -0.4 is 5.32 Å². The first kappa shape index (κ1) is 23.4. The van der Waals surface area contributed by atoms with Crippen molar-refractivity contribution in [2.24, 2.45) is 0 Å². The van der Waals surface area contributed by atoms with Crippen molar-refractivity contribution in [3.63, 3.8) is 0 Å². The third-order valence-corrected chi connectivity index (χ3v) is 5.01. The topological polar surface area (TPSA) is 58.6 Å². The zero-order valence-corrected chi connectivity index (χ0v) is 18.5. The highest BCUT2D eigenvalue weighted by Crippen LogP contribution is 2.31. The number of nitrogens with zero attached hydrogens (tertiary/aromatic N) is 1. The molecule has 0 saturated heterocycles. The molecule has 2 amide bonds. The van der Waals surface area contributed by atoms with Crippen LogP contribution in [0.1, 0.15) is 32.8 Å². The number of hydrogen-bond acceptors (Lipinski definition) is 3. The maximum Gasteiger partial charge on any atom is 0.410 e. The maximum absolute atomic E-state index is 12.8. The Hall–Kier alpha value is -3.22. The Kier molecular flexibility index (Phi) is 7.28. The van der Waals surface area contributed by atoms with Gasteiger partial charge in [-0.05, 0) is 55.5 Å². The summed E-state index contributed by atoms with van der Waals surface area (Å²) in [7, 11) is 0. The van der Waals surface area contributed by atoms with Crippen molar-refractivity contribution in [2.75, 3.05) is 19.6 Å². The molecule has 0 spiro atoms. The summed E-state index contributed by atoms with van der Waals surface area (Å²) < 4.78 is 30.8. The zero-order valence-electron chi connectivity index (χ0n) is 18.5. The average molecular weight is 443 g/mol. The van der Waals surface area contributed by atoms with E-state index < -0.39 is 30.6 Å². The highest BCUT2D eigenvalue weighted by atomic mass is 19.3. The third-order valence-electron chi connectivity index (χ3n) is 5.01. The Morgan fingerprint density at radius 3 is 2.34 bits per heavy atom. The first-order valence-corrected chi connectivity index (χ1v) is 10.6. The molecule has 32 heavy (non-hydrogen) atoms. The second-order valence-corrected chi connectivity index (χ2v) is 8.66. The van der Waals surface area contributed by atoms with E-state index in [1.165, 1.54) is 4.90 Å². The largest absolute Gasteiger partial charge is 0.444 e. The Morgan fingerprint density at radius 2 is 1.69 bits per heavy atom. The zero-order chi connectivity index (χ0) is 23.3. The van der Waals surface area contributed by atoms with E-state index in [1.54, 1.807) is 20.8 Å². The predicted molar refractivity (Wildman–Crippen MR) is 120 cm³/mol. The molecule has 1 aliphatic rings. The van der Waals surface area contributed by atoms with Gasteiger partial charge >= 0.3 is 6.09 Å². The molecule has 0 radical (unpaired) electrons. The van der Waals surface area contributed by atoms with E-state index in [0.29, 0.717) is 18.5 Å². The van der Waals surface area contributed by atoms with Crippen molar-refractivity contribution >= 4 is 17.6 Å². The molecule has 0 unspecified atom stereocenters. The number of benzene rings is 2. The summed E-state index contributed by atoms with van der Waals surface area (Å²) in [6.07, 6.45) is -2.78. The van der Waals surface area contributed by atoms with Crippen molar-refractivity contribution in [3.05, 3.63) is 65.7 Å². The molecule has 1 N–H and O–H groups in total. The predicted octanol–water partition coefficient (Wildman–Crippen LogP) is 5.13. The van der Waals surface area contributed by atoms with Crippen molar-refractivity contribution in [3.8, 4) is 11.1 Å². The van der Waals surface area contributed by atoms with Crippen molar-refractivity contribution in [1.29, 1.82) is 0 Å². The molecule has 5 nitrogen and oxygen atoms in total. The minimum Gasteiger partial charge on any atom is -0.444 e. The van der Waals surface area contributed by atoms with Gasteiger partial charge in [0.25, 0.3) is 6.43 Å². The van der Waals surface area contributed by atoms with Crippen LogP contribution in [0.3, 0.4) is 0 Å². The van der Waals surface area contributed by atoms with Gasteiger partial charge in [0.1, 0.15) is 5.60 Å². The first-order chi connectivity index (χ1) is 15.1. The van der Waals surface area contributed by atoms with Crippen molar-refractivity contribution in [1.82, 2.24) is 10.2 Å². The molecule has 0 fully saturated rings. The Morgan fingerprint density at radius 1 is 1.03 bits per heavy atom. The quantitative estimate of drug-likeness (QED) is 0.699. The highest BCUT2D eigenvalue weighted by Gasteiger charge is 2.30. The summed E-state index contributed by atoms with van der Waals surface area (Å²) in [5.41, 5.74) is 3.21. The molecule has 0 bridgehead atoms. The molecule has 0 aromatic heterocycles. The van der Waals surface area contributed by atoms with Gasteiger partial charge in [-0.15, -0.1) is 0 Å². The van der Waals surface area contributed by atoms with Crippen molar-refractivity contribution in [2.45, 2.75) is 39.2 Å². The number of ether oxygens (including phenoxy) is 1. The first-order valence-electron chi connectivity index (χ1n) is 10.6. The van der Waals surface area contributed by atoms with Gasteiger partial charge in [-0.25, -0.2) is 13.6 Å². The van der Waals surface area contributed by atoms with Crippen LogP contribution in [0.5, 0.6) is 0 Å². The lowest BCUT2D eigenvalue weighted by molar-refractivity contribution is -0.118. The molecule has 0 saturated carbocycles. The van der Waals surface area contributed by atoms with Gasteiger partial charge < -0.3 is 15.0 Å². The maximum atomic E-state index is 12.8. The minimum absolute atomic E-state index is 0.00508. The van der Waals surface area contributed by atoms with Crippen LogP contribution in [0.4, 0.5) is 13.6 Å². The summed E-state index contributed by atoms with van der Waals surface area (Å²) in [4.78, 5) is 26.8. The molecule has 7 heteroatoms. The summed E-state index contributed by atoms with van der Waals surface area (Å²) in [5.74, 6) is -0.598. The van der Waals surface area contributed by atoms with E-state index in [0.717, 1.165) is 22.3 Å². The van der Waals surface area contributed by atoms with E-state index in [4.69, 9.17) is 4.74 Å². The lowest BCUT2D eigenvalue weighted by Crippen LogP contribution is -2.43. The van der Waals surface area contributed by atoms with Crippen LogP contribution in [0, 0.1) is 0 Å². The van der Waals surface area contributed by atoms with Gasteiger partial charge in [0.15, 0.2) is 0 Å². The second kappa shape index (κ2) is 9.94. The monoisotopic (exact) mass is 442 g/mol. The molecule has 3 rings (SSSR count). The average Bonchev–Trinajstić information content (AvgIpc) is 2.76. The van der Waals surface area contributed by atoms with Gasteiger partial charge in [0.05, 0.1) is 13.1 Å². The number of nitrogens with one attached hydrogen (secondary N) is 1. The number of hydrogen-bond donors (Lipinski definition) is 1. The van der Waals surface area contributed by atoms with Crippen LogP contribution in [-0.2, 0) is 9.53 Å². The van der Waals surface area contributed by atoms with Crippen LogP contribution in [0.25, 0.3) is 16.7 Å². The van der Waals surface area contributed by atoms with Crippen LogP contribution in [0.15, 0.2) is 60.2 Å². The normalized spacial score (nSPS) is 14.5. The Labute approximate surface area is 187 Å². The van der Waals surface area contributed by atoms with Crippen molar-refractivity contribution < 1.29 is 23.1 Å². The number of amides is 2. The smallest absolute Gasteiger partial charge is 0.410 e. The van der Waals surface area contributed by atoms with E-state index in [1.807, 2.05) is 54.6 Å². The van der Waals surface area contributed by atoms with Gasteiger partial charge in [0.2, 0.25) is 5.91 Å². The third kappa shape index (κ3) is 6.15. The summed E-state index contributed by atoms with van der Waals surface area (Å²) in [6, 6.07) is 17.6. The number of rotatable bonds is 5. The number of carbonyl (C=O) groups excluding carboxylic acids is 2. The van der Waals surface area contributed by atoms with Gasteiger partial charge in [-0.3, -0.25) is 4.79 Å². The van der Waals surface area contributed by atoms with E-state index in [9.17, 15) is 18.4 Å². The highest BCUT2D eigenvalue weighted by molar-refractivity contribution is 6.02. The molecule has 1 heterocycles. The molecular weight excluding hydrogens is 414 g/mol. The molecular formula is C25H28F2N2O3. The molecule has 1 aliphatic heterocycles. The molecule has 2 aromatic carbocycles. The van der Waals surface area contributed by atoms with E-state index in [2.05, 4.69) is 5.32 Å². The van der Waals surface area contributed by atoms with Crippen LogP contribution >= 0.6 is 0 Å². The van der Waals surface area contributed by atoms with Gasteiger partial charge in [-0.1, -0.05) is 48.5 Å². The lowest BCUT2D eigenvalue weighted by Gasteiger charge is -2.32. The minimum atomic E-state index is -2.66. The Bertz CT molecular complexity index is 998. The SMILES string of the molecule is CC(C)(C)OC(=O)N1CCC(c2cccc(-c3ccccc3)c2)=C(C(=O)NCC(F)F)C1. The molecule has 0 aliphatic carbocycles. The molecule has 170 valence electrons. The van der Waals surface area contributed by atoms with E-state index in [-0.39, 0.29) is 6.54 Å². The fourth-order valence-electron chi connectivity index (χ4n) is 3.57. The van der Waals surface area contributed by atoms with E-state index >= 15 is 0 Å². The number of halogens is 2. The van der Waals surface area contributed by atoms with Gasteiger partial charge in [0, 0.05) is 12.1 Å². The summed E-state index contributed by atoms with van der Waals surface area (Å²) >= 11 is 0. The fourth-order valence-corrected chi connectivity index (χ4v) is 3.57. The van der Waals surface area contributed by atoms with Crippen LogP contribution in [-0.4, -0.2) is 48.6 Å². The molecule has 2 aromatic rings. The second-order valence-electron chi connectivity index (χ2n) is 8.66. The standard InChI is InChI=1S/C25H28F2N2O3/c1-25(2,3)32-24(31)29-13-12-20(21(16-29)23(30)28-15-22(26)27)19-11-7-10-18(14-19)17-8-5-4-6-9-17/h4-11,14,22H,12-13,15-16H2,1-3H3,(H,28,30). The lowest BCUT2D eigenvalue weighted by atomic mass is 9.91. The van der Waals surface area contributed by atoms with Crippen LogP contribution in [0.2, 0.25) is 0 Å². The number of alkyl halides is 2. The fraction of sp³-hybridized carbons (Fsp3) is 0.360. The van der Waals surface area contributed by atoms with Gasteiger partial charge in [-0.2, -0.15) is 0 Å². The summed E-state index contributed by atoms with van der Waals surface area (Å²) in [5, 5.41) is 2.28. The molecule has 0 atom stereocenters. The number of carbonyl (C=O) groups is 2.